The molecule has 0 aromatic heterocycles. The van der Waals surface area contributed by atoms with Gasteiger partial charge < -0.3 is 9.47 Å². The Labute approximate surface area is 129 Å². The summed E-state index contributed by atoms with van der Waals surface area (Å²) in [6.45, 7) is 0.637. The van der Waals surface area contributed by atoms with Gasteiger partial charge in [0.2, 0.25) is 0 Å². The molecule has 0 spiro atoms. The van der Waals surface area contributed by atoms with Gasteiger partial charge in [-0.25, -0.2) is 9.59 Å². The predicted molar refractivity (Wildman–Crippen MR) is 83.9 cm³/mol. The molecule has 0 atom stereocenters. The first-order valence-electron chi connectivity index (χ1n) is 6.35. The number of carbonyl (C=O) groups is 2. The molecule has 0 aliphatic carbocycles. The minimum atomic E-state index is -0.447. The van der Waals surface area contributed by atoms with E-state index in [0.717, 1.165) is 0 Å². The number of hydrogen-bond acceptors (Lipinski definition) is 6. The molecule has 0 amide bonds. The van der Waals surface area contributed by atoms with E-state index in [1.54, 1.807) is 18.2 Å². The number of ether oxygens (including phenoxy) is 2. The van der Waals surface area contributed by atoms with E-state index in [2.05, 4.69) is 25.3 Å². The summed E-state index contributed by atoms with van der Waals surface area (Å²) in [6.07, 6.45) is 1.39. The maximum Gasteiger partial charge on any atom is 0.338 e. The highest BCUT2D eigenvalue weighted by Crippen LogP contribution is 2.09. The smallest absolute Gasteiger partial charge is 0.338 e. The van der Waals surface area contributed by atoms with Gasteiger partial charge in [-0.15, -0.1) is 0 Å². The molecule has 6 heteroatoms. The Morgan fingerprint density at radius 2 is 1.35 bits per heavy atom. The highest BCUT2D eigenvalue weighted by atomic mass is 32.1. The summed E-state index contributed by atoms with van der Waals surface area (Å²) in [6, 6.07) is 6.32. The van der Waals surface area contributed by atoms with Crippen molar-refractivity contribution in [2.75, 3.05) is 24.7 Å². The van der Waals surface area contributed by atoms with Crippen LogP contribution in [0.25, 0.3) is 0 Å². The first-order chi connectivity index (χ1) is 9.69. The molecule has 0 saturated heterocycles. The Bertz CT molecular complexity index is 411. The van der Waals surface area contributed by atoms with E-state index < -0.39 is 11.9 Å². The zero-order chi connectivity index (χ0) is 14.8. The molecule has 0 fully saturated rings. The lowest BCUT2D eigenvalue weighted by Crippen LogP contribution is -2.10. The quantitative estimate of drug-likeness (QED) is 0.440. The van der Waals surface area contributed by atoms with Crippen LogP contribution in [-0.2, 0) is 9.47 Å². The second-order valence-electron chi connectivity index (χ2n) is 4.01. The van der Waals surface area contributed by atoms with Gasteiger partial charge in [-0.3, -0.25) is 0 Å². The van der Waals surface area contributed by atoms with Gasteiger partial charge in [0.25, 0.3) is 0 Å². The van der Waals surface area contributed by atoms with E-state index in [1.165, 1.54) is 6.07 Å². The molecule has 0 bridgehead atoms. The van der Waals surface area contributed by atoms with Gasteiger partial charge in [0.1, 0.15) is 0 Å². The molecule has 110 valence electrons. The van der Waals surface area contributed by atoms with Crippen molar-refractivity contribution in [3.05, 3.63) is 35.4 Å². The van der Waals surface area contributed by atoms with E-state index in [1.807, 2.05) is 0 Å². The lowest BCUT2D eigenvalue weighted by molar-refractivity contribution is 0.0505. The van der Waals surface area contributed by atoms with Gasteiger partial charge in [0.05, 0.1) is 24.3 Å². The minimum absolute atomic E-state index is 0.318. The van der Waals surface area contributed by atoms with Crippen molar-refractivity contribution in [3.8, 4) is 0 Å². The molecule has 0 N–H and O–H groups in total. The Morgan fingerprint density at radius 3 is 1.75 bits per heavy atom. The van der Waals surface area contributed by atoms with Crippen molar-refractivity contribution in [2.45, 2.75) is 12.8 Å². The first-order valence-corrected chi connectivity index (χ1v) is 7.61. The lowest BCUT2D eigenvalue weighted by atomic mass is 10.1. The van der Waals surface area contributed by atoms with Gasteiger partial charge >= 0.3 is 11.9 Å². The van der Waals surface area contributed by atoms with Crippen LogP contribution >= 0.6 is 25.3 Å². The lowest BCUT2D eigenvalue weighted by Gasteiger charge is -2.06. The third-order valence-electron chi connectivity index (χ3n) is 2.41. The largest absolute Gasteiger partial charge is 0.462 e. The molecule has 1 aromatic carbocycles. The standard InChI is InChI=1S/C14H18O4S2/c15-13(17-6-2-8-19)11-4-1-5-12(10-11)14(16)18-7-3-9-20/h1,4-5,10,19-20H,2-3,6-9H2. The van der Waals surface area contributed by atoms with E-state index in [9.17, 15) is 9.59 Å². The monoisotopic (exact) mass is 314 g/mol. The SMILES string of the molecule is O=C(OCCCS)c1cccc(C(=O)OCCCS)c1. The maximum absolute atomic E-state index is 11.7. The molecular formula is C14H18O4S2. The van der Waals surface area contributed by atoms with Crippen molar-refractivity contribution in [1.82, 2.24) is 0 Å². The molecule has 1 aromatic rings. The molecule has 4 nitrogen and oxygen atoms in total. The number of benzene rings is 1. The molecule has 0 unspecified atom stereocenters. The molecule has 0 aliphatic rings. The van der Waals surface area contributed by atoms with Gasteiger partial charge in [-0.1, -0.05) is 6.07 Å². The summed E-state index contributed by atoms with van der Waals surface area (Å²) in [5.74, 6) is 0.420. The topological polar surface area (TPSA) is 52.6 Å². The zero-order valence-corrected chi connectivity index (χ0v) is 12.9. The summed E-state index contributed by atoms with van der Waals surface area (Å²) in [4.78, 5) is 23.5. The summed E-state index contributed by atoms with van der Waals surface area (Å²) >= 11 is 8.07. The average Bonchev–Trinajstić information content (AvgIpc) is 2.47. The molecular weight excluding hydrogens is 296 g/mol. The fourth-order valence-electron chi connectivity index (χ4n) is 1.40. The Kier molecular flexibility index (Phi) is 8.22. The van der Waals surface area contributed by atoms with Crippen molar-refractivity contribution < 1.29 is 19.1 Å². The van der Waals surface area contributed by atoms with Crippen molar-refractivity contribution in [3.63, 3.8) is 0 Å². The molecule has 1 rings (SSSR count). The zero-order valence-electron chi connectivity index (χ0n) is 11.1. The van der Waals surface area contributed by atoms with Crippen molar-refractivity contribution in [2.24, 2.45) is 0 Å². The third-order valence-corrected chi connectivity index (χ3v) is 3.04. The van der Waals surface area contributed by atoms with E-state index in [4.69, 9.17) is 9.47 Å². The van der Waals surface area contributed by atoms with E-state index in [0.29, 0.717) is 48.7 Å². The highest BCUT2D eigenvalue weighted by molar-refractivity contribution is 7.80. The second-order valence-corrected chi connectivity index (χ2v) is 4.90. The van der Waals surface area contributed by atoms with Crippen molar-refractivity contribution in [1.29, 1.82) is 0 Å². The van der Waals surface area contributed by atoms with Gasteiger partial charge in [0.15, 0.2) is 0 Å². The Morgan fingerprint density at radius 1 is 0.900 bits per heavy atom. The summed E-state index contributed by atoms with van der Waals surface area (Å²) in [5.41, 5.74) is 0.681. The predicted octanol–water partition coefficient (Wildman–Crippen LogP) is 2.64. The Balaban J connectivity index is 2.60. The van der Waals surface area contributed by atoms with Crippen molar-refractivity contribution >= 4 is 37.2 Å². The molecule has 20 heavy (non-hydrogen) atoms. The number of hydrogen-bond donors (Lipinski definition) is 2. The fraction of sp³-hybridized carbons (Fsp3) is 0.429. The van der Waals surface area contributed by atoms with Crippen LogP contribution in [0.3, 0.4) is 0 Å². The number of carbonyl (C=O) groups excluding carboxylic acids is 2. The average molecular weight is 314 g/mol. The summed E-state index contributed by atoms with van der Waals surface area (Å²) in [5, 5.41) is 0. The molecule has 0 heterocycles. The third kappa shape index (κ3) is 5.88. The maximum atomic E-state index is 11.7. The number of rotatable bonds is 8. The van der Waals surface area contributed by atoms with Crippen LogP contribution in [0.15, 0.2) is 24.3 Å². The van der Waals surface area contributed by atoms with Crippen LogP contribution in [-0.4, -0.2) is 36.7 Å². The highest BCUT2D eigenvalue weighted by Gasteiger charge is 2.12. The van der Waals surface area contributed by atoms with Crippen LogP contribution in [0.2, 0.25) is 0 Å². The van der Waals surface area contributed by atoms with Gasteiger partial charge in [-0.05, 0) is 42.5 Å². The van der Waals surface area contributed by atoms with Crippen LogP contribution in [0.4, 0.5) is 0 Å². The summed E-state index contributed by atoms with van der Waals surface area (Å²) in [7, 11) is 0. The minimum Gasteiger partial charge on any atom is -0.462 e. The summed E-state index contributed by atoms with van der Waals surface area (Å²) < 4.78 is 10.1. The first kappa shape index (κ1) is 16.9. The van der Waals surface area contributed by atoms with Crippen LogP contribution < -0.4 is 0 Å². The van der Waals surface area contributed by atoms with E-state index >= 15 is 0 Å². The number of thiol groups is 2. The fourth-order valence-corrected chi connectivity index (χ4v) is 1.66. The van der Waals surface area contributed by atoms with Crippen LogP contribution in [0, 0.1) is 0 Å². The normalized spacial score (nSPS) is 10.1. The van der Waals surface area contributed by atoms with E-state index in [-0.39, 0.29) is 0 Å². The second kappa shape index (κ2) is 9.72. The number of esters is 2. The van der Waals surface area contributed by atoms with Crippen LogP contribution in [0.5, 0.6) is 0 Å². The molecule has 0 aliphatic heterocycles. The van der Waals surface area contributed by atoms with Gasteiger partial charge in [-0.2, -0.15) is 25.3 Å². The van der Waals surface area contributed by atoms with Gasteiger partial charge in [0, 0.05) is 0 Å². The Hall–Kier alpha value is -1.14. The molecule has 0 saturated carbocycles. The van der Waals surface area contributed by atoms with Crippen LogP contribution in [0.1, 0.15) is 33.6 Å². The molecule has 0 radical (unpaired) electrons.